The Balaban J connectivity index is 0.000000791. The summed E-state index contributed by atoms with van der Waals surface area (Å²) < 4.78 is 0. The maximum atomic E-state index is 9.42. The van der Waals surface area contributed by atoms with Gasteiger partial charge in [0, 0.05) is 6.04 Å². The van der Waals surface area contributed by atoms with Crippen molar-refractivity contribution in [3.63, 3.8) is 0 Å². The Kier molecular flexibility index (Phi) is 8.20. The van der Waals surface area contributed by atoms with Crippen LogP contribution in [0.4, 0.5) is 0 Å². The van der Waals surface area contributed by atoms with E-state index in [4.69, 9.17) is 5.73 Å². The predicted molar refractivity (Wildman–Crippen MR) is 62.2 cm³/mol. The molecule has 3 N–H and O–H groups in total. The van der Waals surface area contributed by atoms with Gasteiger partial charge in [-0.05, 0) is 31.6 Å². The normalized spacial score (nSPS) is 28.9. The van der Waals surface area contributed by atoms with Crippen LogP contribution in [0.1, 0.15) is 59.3 Å². The van der Waals surface area contributed by atoms with Crippen molar-refractivity contribution >= 4 is 0 Å². The minimum absolute atomic E-state index is 0.0483. The highest BCUT2D eigenvalue weighted by Gasteiger charge is 2.21. The summed E-state index contributed by atoms with van der Waals surface area (Å²) in [5.41, 5.74) is 5.87. The quantitative estimate of drug-likeness (QED) is 0.737. The molecule has 14 heavy (non-hydrogen) atoms. The van der Waals surface area contributed by atoms with Gasteiger partial charge < -0.3 is 10.8 Å². The van der Waals surface area contributed by atoms with Gasteiger partial charge in [0.2, 0.25) is 0 Å². The van der Waals surface area contributed by atoms with E-state index in [1.54, 1.807) is 0 Å². The summed E-state index contributed by atoms with van der Waals surface area (Å²) in [4.78, 5) is 0. The third kappa shape index (κ3) is 5.61. The van der Waals surface area contributed by atoms with Crippen molar-refractivity contribution < 1.29 is 5.11 Å². The van der Waals surface area contributed by atoms with Gasteiger partial charge in [0.25, 0.3) is 0 Å². The van der Waals surface area contributed by atoms with Crippen molar-refractivity contribution in [2.75, 3.05) is 0 Å². The van der Waals surface area contributed by atoms with Crippen molar-refractivity contribution in [2.24, 2.45) is 11.7 Å². The van der Waals surface area contributed by atoms with E-state index in [1.807, 2.05) is 13.8 Å². The molecule has 3 unspecified atom stereocenters. The van der Waals surface area contributed by atoms with E-state index >= 15 is 0 Å². The molecular formula is C12H27NO. The third-order valence-corrected chi connectivity index (χ3v) is 2.92. The van der Waals surface area contributed by atoms with E-state index in [2.05, 4.69) is 6.92 Å². The summed E-state index contributed by atoms with van der Waals surface area (Å²) in [6.45, 7) is 6.13. The molecule has 2 nitrogen and oxygen atoms in total. The van der Waals surface area contributed by atoms with Crippen LogP contribution in [0.25, 0.3) is 0 Å². The molecule has 0 aromatic carbocycles. The Bertz CT molecular complexity index is 127. The van der Waals surface area contributed by atoms with E-state index in [9.17, 15) is 5.11 Å². The van der Waals surface area contributed by atoms with E-state index in [1.165, 1.54) is 12.8 Å². The van der Waals surface area contributed by atoms with E-state index in [-0.39, 0.29) is 6.10 Å². The molecule has 86 valence electrons. The molecule has 0 spiro atoms. The minimum atomic E-state index is -0.0483. The first-order valence-electron chi connectivity index (χ1n) is 6.16. The van der Waals surface area contributed by atoms with Gasteiger partial charge in [0.1, 0.15) is 0 Å². The summed E-state index contributed by atoms with van der Waals surface area (Å²) in [5.74, 6) is 0.684. The SMILES string of the molecule is CC.CCC(N)CC1CCCC(O)C1. The molecule has 1 saturated carbocycles. The van der Waals surface area contributed by atoms with Crippen molar-refractivity contribution in [2.45, 2.75) is 71.4 Å². The lowest BCUT2D eigenvalue weighted by Gasteiger charge is -2.27. The Labute approximate surface area is 88.9 Å². The topological polar surface area (TPSA) is 46.2 Å². The Hall–Kier alpha value is -0.0800. The summed E-state index contributed by atoms with van der Waals surface area (Å²) in [5, 5.41) is 9.42. The van der Waals surface area contributed by atoms with Crippen LogP contribution in [0.15, 0.2) is 0 Å². The molecule has 3 atom stereocenters. The number of aliphatic hydroxyl groups is 1. The van der Waals surface area contributed by atoms with Gasteiger partial charge in [0.15, 0.2) is 0 Å². The van der Waals surface area contributed by atoms with Crippen LogP contribution in [-0.4, -0.2) is 17.3 Å². The third-order valence-electron chi connectivity index (χ3n) is 2.92. The standard InChI is InChI=1S/C10H21NO.C2H6/c1-2-9(11)6-8-4-3-5-10(12)7-8;1-2/h8-10,12H,2-7,11H2,1H3;1-2H3. The van der Waals surface area contributed by atoms with Crippen molar-refractivity contribution in [3.8, 4) is 0 Å². The van der Waals surface area contributed by atoms with E-state index < -0.39 is 0 Å². The zero-order valence-corrected chi connectivity index (χ0v) is 10.00. The molecule has 0 aromatic heterocycles. The fourth-order valence-corrected chi connectivity index (χ4v) is 2.07. The minimum Gasteiger partial charge on any atom is -0.393 e. The van der Waals surface area contributed by atoms with Gasteiger partial charge in [-0.2, -0.15) is 0 Å². The van der Waals surface area contributed by atoms with Gasteiger partial charge in [-0.3, -0.25) is 0 Å². The molecular weight excluding hydrogens is 174 g/mol. The maximum absolute atomic E-state index is 9.42. The van der Waals surface area contributed by atoms with Crippen LogP contribution in [0, 0.1) is 5.92 Å². The largest absolute Gasteiger partial charge is 0.393 e. The molecule has 0 aliphatic heterocycles. The predicted octanol–water partition coefficient (Wildman–Crippen LogP) is 2.69. The molecule has 2 heteroatoms. The fourth-order valence-electron chi connectivity index (χ4n) is 2.07. The molecule has 1 aliphatic rings. The monoisotopic (exact) mass is 201 g/mol. The molecule has 0 saturated heterocycles. The van der Waals surface area contributed by atoms with Crippen LogP contribution < -0.4 is 5.73 Å². The zero-order valence-electron chi connectivity index (χ0n) is 10.00. The first-order chi connectivity index (χ1) is 6.72. The van der Waals surface area contributed by atoms with Crippen LogP contribution in [0.3, 0.4) is 0 Å². The molecule has 0 heterocycles. The molecule has 1 aliphatic carbocycles. The highest BCUT2D eigenvalue weighted by Crippen LogP contribution is 2.27. The maximum Gasteiger partial charge on any atom is 0.0542 e. The van der Waals surface area contributed by atoms with E-state index in [0.717, 1.165) is 25.7 Å². The lowest BCUT2D eigenvalue weighted by Crippen LogP contribution is -2.27. The summed E-state index contributed by atoms with van der Waals surface area (Å²) in [6.07, 6.45) is 6.55. The molecule has 0 amide bonds. The average Bonchev–Trinajstić information content (AvgIpc) is 2.21. The second kappa shape index (κ2) is 8.25. The second-order valence-corrected chi connectivity index (χ2v) is 4.09. The molecule has 0 bridgehead atoms. The van der Waals surface area contributed by atoms with E-state index in [0.29, 0.717) is 12.0 Å². The lowest BCUT2D eigenvalue weighted by atomic mass is 9.83. The number of hydrogen-bond donors (Lipinski definition) is 2. The summed E-state index contributed by atoms with van der Waals surface area (Å²) in [6, 6.07) is 0.347. The highest BCUT2D eigenvalue weighted by molar-refractivity contribution is 4.75. The molecule has 0 aromatic rings. The molecule has 0 radical (unpaired) electrons. The lowest BCUT2D eigenvalue weighted by molar-refractivity contribution is 0.0958. The number of nitrogens with two attached hydrogens (primary N) is 1. The number of hydrogen-bond acceptors (Lipinski definition) is 2. The Morgan fingerprint density at radius 2 is 2.00 bits per heavy atom. The Morgan fingerprint density at radius 3 is 2.50 bits per heavy atom. The van der Waals surface area contributed by atoms with Gasteiger partial charge in [0.05, 0.1) is 6.10 Å². The van der Waals surface area contributed by atoms with Gasteiger partial charge in [-0.25, -0.2) is 0 Å². The van der Waals surface area contributed by atoms with Gasteiger partial charge in [-0.15, -0.1) is 0 Å². The summed E-state index contributed by atoms with van der Waals surface area (Å²) >= 11 is 0. The molecule has 1 rings (SSSR count). The highest BCUT2D eigenvalue weighted by atomic mass is 16.3. The number of aliphatic hydroxyl groups excluding tert-OH is 1. The van der Waals surface area contributed by atoms with Crippen LogP contribution in [0.2, 0.25) is 0 Å². The summed E-state index contributed by atoms with van der Waals surface area (Å²) in [7, 11) is 0. The van der Waals surface area contributed by atoms with Crippen LogP contribution in [-0.2, 0) is 0 Å². The van der Waals surface area contributed by atoms with Gasteiger partial charge in [-0.1, -0.05) is 33.6 Å². The first-order valence-corrected chi connectivity index (χ1v) is 6.16. The van der Waals surface area contributed by atoms with Crippen molar-refractivity contribution in [1.29, 1.82) is 0 Å². The van der Waals surface area contributed by atoms with Crippen molar-refractivity contribution in [1.82, 2.24) is 0 Å². The Morgan fingerprint density at radius 1 is 1.36 bits per heavy atom. The zero-order chi connectivity index (χ0) is 11.0. The van der Waals surface area contributed by atoms with Crippen LogP contribution >= 0.6 is 0 Å². The smallest absolute Gasteiger partial charge is 0.0542 e. The molecule has 1 fully saturated rings. The van der Waals surface area contributed by atoms with Gasteiger partial charge >= 0.3 is 0 Å². The first kappa shape index (κ1) is 13.9. The fraction of sp³-hybridized carbons (Fsp3) is 1.00. The van der Waals surface area contributed by atoms with Crippen LogP contribution in [0.5, 0.6) is 0 Å². The average molecular weight is 201 g/mol. The number of rotatable bonds is 3. The second-order valence-electron chi connectivity index (χ2n) is 4.09. The van der Waals surface area contributed by atoms with Crippen molar-refractivity contribution in [3.05, 3.63) is 0 Å².